The number of hydrogen-bond acceptors (Lipinski definition) is 2. The smallest absolute Gasteiger partial charge is 0.207 e. The largest absolute Gasteiger partial charge is 0.416 e. The molecule has 0 aromatic heterocycles. The Balaban J connectivity index is 2.22. The molecule has 0 saturated heterocycles. The molecule has 0 bridgehead atoms. The average Bonchev–Trinajstić information content (AvgIpc) is 2.46. The van der Waals surface area contributed by atoms with Gasteiger partial charge in [0.15, 0.2) is 0 Å². The van der Waals surface area contributed by atoms with E-state index in [4.69, 9.17) is 0 Å². The Morgan fingerprint density at radius 3 is 2.05 bits per heavy atom. The van der Waals surface area contributed by atoms with Crippen molar-refractivity contribution < 1.29 is 21.6 Å². The molecular weight excluding hydrogens is 303 g/mol. The molecular formula is C14H18F3NO2S. The maximum atomic E-state index is 12.5. The van der Waals surface area contributed by atoms with E-state index in [1.165, 1.54) is 11.4 Å². The maximum Gasteiger partial charge on any atom is 0.416 e. The third-order valence-corrected chi connectivity index (χ3v) is 5.87. The highest BCUT2D eigenvalue weighted by Crippen LogP contribution is 2.31. The Kier molecular flexibility index (Phi) is 4.63. The molecule has 3 nitrogen and oxygen atoms in total. The first kappa shape index (κ1) is 16.3. The summed E-state index contributed by atoms with van der Waals surface area (Å²) in [5, 5.41) is 0. The van der Waals surface area contributed by atoms with Crippen LogP contribution in [0.2, 0.25) is 0 Å². The molecule has 21 heavy (non-hydrogen) atoms. The molecule has 0 atom stereocenters. The molecule has 1 aromatic rings. The van der Waals surface area contributed by atoms with Crippen molar-refractivity contribution in [1.29, 1.82) is 0 Å². The summed E-state index contributed by atoms with van der Waals surface area (Å²) in [4.78, 5) is -0.0939. The quantitative estimate of drug-likeness (QED) is 0.852. The van der Waals surface area contributed by atoms with Crippen LogP contribution in [0.15, 0.2) is 29.2 Å². The number of sulfonamides is 1. The van der Waals surface area contributed by atoms with Crippen LogP contribution < -0.4 is 0 Å². The van der Waals surface area contributed by atoms with E-state index in [9.17, 15) is 21.6 Å². The lowest BCUT2D eigenvalue weighted by Gasteiger charge is -2.30. The van der Waals surface area contributed by atoms with Gasteiger partial charge in [0, 0.05) is 13.1 Å². The predicted octanol–water partition coefficient (Wildman–Crippen LogP) is 3.66. The van der Waals surface area contributed by atoms with E-state index < -0.39 is 21.8 Å². The number of alkyl halides is 3. The first-order chi connectivity index (χ1) is 9.73. The molecule has 1 aliphatic carbocycles. The van der Waals surface area contributed by atoms with Gasteiger partial charge in [0.05, 0.1) is 10.5 Å². The lowest BCUT2D eigenvalue weighted by atomic mass is 9.96. The Hall–Kier alpha value is -1.08. The monoisotopic (exact) mass is 321 g/mol. The Morgan fingerprint density at radius 1 is 1.05 bits per heavy atom. The summed E-state index contributed by atoms with van der Waals surface area (Å²) in [7, 11) is -2.23. The van der Waals surface area contributed by atoms with Crippen LogP contribution in [0.5, 0.6) is 0 Å². The summed E-state index contributed by atoms with van der Waals surface area (Å²) in [6.45, 7) is 0. The Bertz CT molecular complexity index is 575. The van der Waals surface area contributed by atoms with Gasteiger partial charge in [-0.1, -0.05) is 19.3 Å². The fourth-order valence-corrected chi connectivity index (χ4v) is 4.04. The van der Waals surface area contributed by atoms with E-state index in [2.05, 4.69) is 0 Å². The summed E-state index contributed by atoms with van der Waals surface area (Å²) >= 11 is 0. The second kappa shape index (κ2) is 5.96. The molecule has 0 radical (unpaired) electrons. The number of benzene rings is 1. The number of hydrogen-bond donors (Lipinski definition) is 0. The van der Waals surface area contributed by atoms with Gasteiger partial charge in [0.2, 0.25) is 10.0 Å². The van der Waals surface area contributed by atoms with E-state index in [0.717, 1.165) is 56.4 Å². The molecule has 1 aromatic carbocycles. The van der Waals surface area contributed by atoms with Crippen LogP contribution in [0.4, 0.5) is 13.2 Å². The average molecular weight is 321 g/mol. The van der Waals surface area contributed by atoms with Crippen molar-refractivity contribution in [2.24, 2.45) is 0 Å². The molecule has 0 unspecified atom stereocenters. The predicted molar refractivity (Wildman–Crippen MR) is 73.3 cm³/mol. The van der Waals surface area contributed by atoms with E-state index in [1.807, 2.05) is 0 Å². The van der Waals surface area contributed by atoms with E-state index in [1.54, 1.807) is 0 Å². The highest BCUT2D eigenvalue weighted by molar-refractivity contribution is 7.89. The van der Waals surface area contributed by atoms with Gasteiger partial charge in [0.25, 0.3) is 0 Å². The van der Waals surface area contributed by atoms with Gasteiger partial charge >= 0.3 is 6.18 Å². The molecule has 0 aliphatic heterocycles. The number of rotatable bonds is 3. The van der Waals surface area contributed by atoms with Crippen LogP contribution in [0.1, 0.15) is 37.7 Å². The minimum absolute atomic E-state index is 0.0638. The Labute approximate surface area is 122 Å². The molecule has 1 fully saturated rings. The molecule has 0 spiro atoms. The van der Waals surface area contributed by atoms with Gasteiger partial charge in [-0.2, -0.15) is 17.5 Å². The zero-order valence-corrected chi connectivity index (χ0v) is 12.5. The third kappa shape index (κ3) is 3.58. The van der Waals surface area contributed by atoms with Gasteiger partial charge in [-0.05, 0) is 37.1 Å². The fourth-order valence-electron chi connectivity index (χ4n) is 2.62. The second-order valence-electron chi connectivity index (χ2n) is 5.34. The molecule has 7 heteroatoms. The Morgan fingerprint density at radius 2 is 1.57 bits per heavy atom. The molecule has 2 rings (SSSR count). The van der Waals surface area contributed by atoms with Crippen LogP contribution in [0.3, 0.4) is 0 Å². The normalized spacial score (nSPS) is 18.1. The maximum absolute atomic E-state index is 12.5. The van der Waals surface area contributed by atoms with Gasteiger partial charge in [-0.25, -0.2) is 8.42 Å². The SMILES string of the molecule is CN(C1CCCCC1)S(=O)(=O)c1ccc(C(F)(F)F)cc1. The molecule has 0 heterocycles. The topological polar surface area (TPSA) is 37.4 Å². The van der Waals surface area contributed by atoms with Crippen LogP contribution in [-0.2, 0) is 16.2 Å². The van der Waals surface area contributed by atoms with Crippen molar-refractivity contribution in [3.05, 3.63) is 29.8 Å². The first-order valence-electron chi connectivity index (χ1n) is 6.88. The summed E-state index contributed by atoms with van der Waals surface area (Å²) in [6.07, 6.45) is 0.212. The van der Waals surface area contributed by atoms with Gasteiger partial charge in [0.1, 0.15) is 0 Å². The second-order valence-corrected chi connectivity index (χ2v) is 7.33. The highest BCUT2D eigenvalue weighted by atomic mass is 32.2. The van der Waals surface area contributed by atoms with Crippen LogP contribution in [-0.4, -0.2) is 25.8 Å². The van der Waals surface area contributed by atoms with Gasteiger partial charge in [-0.3, -0.25) is 0 Å². The highest BCUT2D eigenvalue weighted by Gasteiger charge is 2.32. The molecule has 1 saturated carbocycles. The number of halogens is 3. The van der Waals surface area contributed by atoms with E-state index >= 15 is 0 Å². The van der Waals surface area contributed by atoms with Crippen molar-refractivity contribution in [2.75, 3.05) is 7.05 Å². The van der Waals surface area contributed by atoms with E-state index in [0.29, 0.717) is 0 Å². The first-order valence-corrected chi connectivity index (χ1v) is 8.32. The standard InChI is InChI=1S/C14H18F3NO2S/c1-18(12-5-3-2-4-6-12)21(19,20)13-9-7-11(8-10-13)14(15,16)17/h7-10,12H,2-6H2,1H3. The van der Waals surface area contributed by atoms with Gasteiger partial charge in [-0.15, -0.1) is 0 Å². The molecule has 1 aliphatic rings. The van der Waals surface area contributed by atoms with Crippen molar-refractivity contribution in [1.82, 2.24) is 4.31 Å². The van der Waals surface area contributed by atoms with Crippen LogP contribution >= 0.6 is 0 Å². The van der Waals surface area contributed by atoms with Crippen LogP contribution in [0, 0.1) is 0 Å². The molecule has 0 N–H and O–H groups in total. The zero-order valence-electron chi connectivity index (χ0n) is 11.7. The van der Waals surface area contributed by atoms with E-state index in [-0.39, 0.29) is 10.9 Å². The summed E-state index contributed by atoms with van der Waals surface area (Å²) < 4.78 is 63.7. The lowest BCUT2D eigenvalue weighted by Crippen LogP contribution is -2.38. The van der Waals surface area contributed by atoms with Crippen molar-refractivity contribution in [3.8, 4) is 0 Å². The number of nitrogens with zero attached hydrogens (tertiary/aromatic N) is 1. The minimum Gasteiger partial charge on any atom is -0.207 e. The molecule has 118 valence electrons. The molecule has 0 amide bonds. The lowest BCUT2D eigenvalue weighted by molar-refractivity contribution is -0.137. The van der Waals surface area contributed by atoms with Crippen LogP contribution in [0.25, 0.3) is 0 Å². The van der Waals surface area contributed by atoms with Crippen molar-refractivity contribution in [2.45, 2.75) is 49.2 Å². The summed E-state index contributed by atoms with van der Waals surface area (Å²) in [5.41, 5.74) is -0.846. The third-order valence-electron chi connectivity index (χ3n) is 3.95. The summed E-state index contributed by atoms with van der Waals surface area (Å²) in [6, 6.07) is 3.60. The zero-order chi connectivity index (χ0) is 15.7. The fraction of sp³-hybridized carbons (Fsp3) is 0.571. The van der Waals surface area contributed by atoms with Gasteiger partial charge < -0.3 is 0 Å². The van der Waals surface area contributed by atoms with Crippen molar-refractivity contribution in [3.63, 3.8) is 0 Å². The van der Waals surface area contributed by atoms with Crippen molar-refractivity contribution >= 4 is 10.0 Å². The minimum atomic E-state index is -4.46. The summed E-state index contributed by atoms with van der Waals surface area (Å²) in [5.74, 6) is 0.